The molecule has 0 aromatic heterocycles. The van der Waals surface area contributed by atoms with E-state index in [4.69, 9.17) is 0 Å². The minimum Gasteiger partial charge on any atom is -0.481 e. The lowest BCUT2D eigenvalue weighted by Gasteiger charge is -2.29. The van der Waals surface area contributed by atoms with E-state index in [0.29, 0.717) is 12.6 Å². The van der Waals surface area contributed by atoms with Crippen molar-refractivity contribution in [1.82, 2.24) is 0 Å². The number of benzene rings is 3. The highest BCUT2D eigenvalue weighted by molar-refractivity contribution is 7.95. The van der Waals surface area contributed by atoms with Crippen molar-refractivity contribution in [2.75, 3.05) is 6.16 Å². The Kier molecular flexibility index (Phi) is 6.42. The van der Waals surface area contributed by atoms with E-state index in [1.807, 2.05) is 18.2 Å². The van der Waals surface area contributed by atoms with Crippen molar-refractivity contribution >= 4 is 29.1 Å². The van der Waals surface area contributed by atoms with E-state index in [1.54, 1.807) is 0 Å². The second-order valence-electron chi connectivity index (χ2n) is 6.82. The molecule has 3 aromatic carbocycles. The molecule has 0 saturated heterocycles. The van der Waals surface area contributed by atoms with Gasteiger partial charge >= 0.3 is 5.97 Å². The van der Waals surface area contributed by atoms with Crippen LogP contribution in [0.1, 0.15) is 19.8 Å². The topological polar surface area (TPSA) is 37.3 Å². The third-order valence-corrected chi connectivity index (χ3v) is 9.60. The summed E-state index contributed by atoms with van der Waals surface area (Å²) >= 11 is 0. The lowest BCUT2D eigenvalue weighted by atomic mass is 10.1. The van der Waals surface area contributed by atoms with Crippen LogP contribution in [0, 0.1) is 5.92 Å². The molecule has 0 saturated carbocycles. The van der Waals surface area contributed by atoms with Crippen molar-refractivity contribution in [1.29, 1.82) is 0 Å². The van der Waals surface area contributed by atoms with Crippen LogP contribution in [0.5, 0.6) is 0 Å². The molecule has 138 valence electrons. The van der Waals surface area contributed by atoms with Gasteiger partial charge in [0.15, 0.2) is 0 Å². The summed E-state index contributed by atoms with van der Waals surface area (Å²) in [4.78, 5) is 12.1. The number of rotatable bonds is 8. The van der Waals surface area contributed by atoms with E-state index < -0.39 is 13.2 Å². The Morgan fingerprint density at radius 2 is 1.15 bits per heavy atom. The van der Waals surface area contributed by atoms with Crippen LogP contribution in [-0.2, 0) is 4.79 Å². The Bertz CT molecular complexity index is 751. The third-order valence-electron chi connectivity index (χ3n) is 5.07. The third kappa shape index (κ3) is 4.12. The van der Waals surface area contributed by atoms with Gasteiger partial charge < -0.3 is 5.11 Å². The van der Waals surface area contributed by atoms with Crippen molar-refractivity contribution in [2.45, 2.75) is 19.8 Å². The molecule has 1 N–H and O–H groups in total. The molecule has 0 aliphatic heterocycles. The quantitative estimate of drug-likeness (QED) is 0.588. The summed E-state index contributed by atoms with van der Waals surface area (Å²) in [7, 11) is -2.07. The number of carboxylic acid groups (broad SMARTS) is 1. The van der Waals surface area contributed by atoms with E-state index in [1.165, 1.54) is 15.9 Å². The number of hydrogen-bond donors (Lipinski definition) is 1. The highest BCUT2D eigenvalue weighted by Gasteiger charge is 2.48. The molecule has 0 amide bonds. The maximum absolute atomic E-state index is 12.1. The molecule has 0 spiro atoms. The largest absolute Gasteiger partial charge is 0.481 e. The minimum atomic E-state index is -2.07. The van der Waals surface area contributed by atoms with Gasteiger partial charge in [-0.05, 0) is 42.8 Å². The zero-order chi connectivity index (χ0) is 19.1. The Hall–Kier alpha value is -2.44. The maximum atomic E-state index is 12.1. The summed E-state index contributed by atoms with van der Waals surface area (Å²) in [6, 6.07) is 31.4. The van der Waals surface area contributed by atoms with E-state index in [0.717, 1.165) is 6.42 Å². The zero-order valence-corrected chi connectivity index (χ0v) is 16.6. The predicted octanol–water partition coefficient (Wildman–Crippen LogP) is 4.48. The summed E-state index contributed by atoms with van der Waals surface area (Å²) in [6.07, 6.45) is 2.22. The van der Waals surface area contributed by atoms with Crippen molar-refractivity contribution in [3.05, 3.63) is 91.0 Å². The van der Waals surface area contributed by atoms with Gasteiger partial charge in [0.05, 0.1) is 12.1 Å². The Morgan fingerprint density at radius 1 is 0.778 bits per heavy atom. The first-order valence-corrected chi connectivity index (χ1v) is 11.4. The summed E-state index contributed by atoms with van der Waals surface area (Å²) in [5.74, 6) is -1.05. The number of aliphatic carboxylic acids is 1. The van der Waals surface area contributed by atoms with Crippen LogP contribution < -0.4 is 15.9 Å². The van der Waals surface area contributed by atoms with Gasteiger partial charge in [0, 0.05) is 0 Å². The number of carboxylic acids is 1. The lowest BCUT2D eigenvalue weighted by Crippen LogP contribution is -2.37. The molecule has 0 bridgehead atoms. The van der Waals surface area contributed by atoms with E-state index in [9.17, 15) is 9.90 Å². The molecule has 27 heavy (non-hydrogen) atoms. The van der Waals surface area contributed by atoms with E-state index in [2.05, 4.69) is 79.7 Å². The fraction of sp³-hybridized carbons (Fsp3) is 0.208. The fourth-order valence-electron chi connectivity index (χ4n) is 3.78. The van der Waals surface area contributed by atoms with Crippen LogP contribution >= 0.6 is 7.26 Å². The molecular weight excluding hydrogens is 351 g/mol. The Balaban J connectivity index is 2.27. The van der Waals surface area contributed by atoms with E-state index >= 15 is 0 Å². The minimum absolute atomic E-state index is 0.357. The number of hydrogen-bond acceptors (Lipinski definition) is 1. The first kappa shape index (κ1) is 19.3. The molecule has 0 unspecified atom stereocenters. The normalized spacial score (nSPS) is 12.5. The SMILES string of the molecule is CCC[C@H](C[P+](c1ccccc1)(c1ccccc1)c1ccccc1)C(=O)O. The molecule has 3 rings (SSSR count). The van der Waals surface area contributed by atoms with Crippen LogP contribution in [0.25, 0.3) is 0 Å². The van der Waals surface area contributed by atoms with Crippen molar-refractivity contribution < 1.29 is 9.90 Å². The van der Waals surface area contributed by atoms with Crippen molar-refractivity contribution in [3.63, 3.8) is 0 Å². The average molecular weight is 377 g/mol. The first-order chi connectivity index (χ1) is 13.2. The Morgan fingerprint density at radius 3 is 1.44 bits per heavy atom. The molecule has 0 aliphatic carbocycles. The number of carbonyl (C=O) groups is 1. The molecule has 0 fully saturated rings. The lowest BCUT2D eigenvalue weighted by molar-refractivity contribution is -0.141. The van der Waals surface area contributed by atoms with Crippen LogP contribution in [-0.4, -0.2) is 17.2 Å². The maximum Gasteiger partial charge on any atom is 0.310 e. The molecule has 1 atom stereocenters. The van der Waals surface area contributed by atoms with Gasteiger partial charge in [0.1, 0.15) is 23.2 Å². The van der Waals surface area contributed by atoms with Crippen LogP contribution in [0.4, 0.5) is 0 Å². The van der Waals surface area contributed by atoms with Gasteiger partial charge in [0.2, 0.25) is 0 Å². The first-order valence-electron chi connectivity index (χ1n) is 9.46. The van der Waals surface area contributed by atoms with Gasteiger partial charge in [-0.2, -0.15) is 0 Å². The predicted molar refractivity (Wildman–Crippen MR) is 116 cm³/mol. The molecule has 3 aromatic rings. The second kappa shape index (κ2) is 8.97. The monoisotopic (exact) mass is 377 g/mol. The molecule has 2 nitrogen and oxygen atoms in total. The summed E-state index contributed by atoms with van der Waals surface area (Å²) < 4.78 is 0. The molecular formula is C24H26O2P+. The zero-order valence-electron chi connectivity index (χ0n) is 15.7. The molecule has 0 heterocycles. The van der Waals surface area contributed by atoms with Crippen LogP contribution in [0.15, 0.2) is 91.0 Å². The van der Waals surface area contributed by atoms with E-state index in [-0.39, 0.29) is 5.92 Å². The smallest absolute Gasteiger partial charge is 0.310 e. The molecule has 0 aliphatic rings. The van der Waals surface area contributed by atoms with Gasteiger partial charge in [-0.3, -0.25) is 4.79 Å². The summed E-state index contributed by atoms with van der Waals surface area (Å²) in [5, 5.41) is 13.6. The van der Waals surface area contributed by atoms with Gasteiger partial charge in [-0.1, -0.05) is 67.9 Å². The van der Waals surface area contributed by atoms with Gasteiger partial charge in [-0.15, -0.1) is 0 Å². The van der Waals surface area contributed by atoms with Gasteiger partial charge in [0.25, 0.3) is 0 Å². The van der Waals surface area contributed by atoms with Crippen LogP contribution in [0.3, 0.4) is 0 Å². The second-order valence-corrected chi connectivity index (χ2v) is 10.4. The molecule has 3 heteroatoms. The van der Waals surface area contributed by atoms with Crippen LogP contribution in [0.2, 0.25) is 0 Å². The average Bonchev–Trinajstić information content (AvgIpc) is 2.73. The fourth-order valence-corrected chi connectivity index (χ4v) is 8.35. The Labute approximate surface area is 162 Å². The van der Waals surface area contributed by atoms with Crippen molar-refractivity contribution in [3.8, 4) is 0 Å². The van der Waals surface area contributed by atoms with Crippen molar-refractivity contribution in [2.24, 2.45) is 5.92 Å². The summed E-state index contributed by atoms with van der Waals surface area (Å²) in [5.41, 5.74) is 0. The van der Waals surface area contributed by atoms with Gasteiger partial charge in [-0.25, -0.2) is 0 Å². The summed E-state index contributed by atoms with van der Waals surface area (Å²) in [6.45, 7) is 2.06. The molecule has 0 radical (unpaired) electrons. The highest BCUT2D eigenvalue weighted by Crippen LogP contribution is 2.57. The highest BCUT2D eigenvalue weighted by atomic mass is 31.2. The standard InChI is InChI=1S/C24H25O2P/c1-2-12-20(24(25)26)19-27(21-13-6-3-7-14-21,22-15-8-4-9-16-22)23-17-10-5-11-18-23/h3-11,13-18,20H,2,12,19H2,1H3/p+1/t20-/m1/s1.